The number of benzene rings is 1. The average Bonchev–Trinajstić information content (AvgIpc) is 2.78. The van der Waals surface area contributed by atoms with E-state index in [1.54, 1.807) is 9.80 Å². The van der Waals surface area contributed by atoms with Gasteiger partial charge in [-0.05, 0) is 24.6 Å². The van der Waals surface area contributed by atoms with Crippen LogP contribution in [0.2, 0.25) is 0 Å². The third-order valence-corrected chi connectivity index (χ3v) is 3.78. The minimum Gasteiger partial charge on any atom is -0.343 e. The molecule has 1 fully saturated rings. The van der Waals surface area contributed by atoms with Gasteiger partial charge in [-0.2, -0.15) is 0 Å². The highest BCUT2D eigenvalue weighted by Crippen LogP contribution is 2.05. The topological polar surface area (TPSA) is 69.7 Å². The molecule has 0 atom stereocenters. The molecule has 1 saturated heterocycles. The Morgan fingerprint density at radius 1 is 1.13 bits per heavy atom. The van der Waals surface area contributed by atoms with E-state index in [2.05, 4.69) is 5.32 Å². The van der Waals surface area contributed by atoms with Gasteiger partial charge in [0, 0.05) is 38.7 Å². The summed E-state index contributed by atoms with van der Waals surface area (Å²) in [5, 5.41) is 2.50. The summed E-state index contributed by atoms with van der Waals surface area (Å²) in [5.41, 5.74) is 0.177. The summed E-state index contributed by atoms with van der Waals surface area (Å²) in [5.74, 6) is -1.20. The van der Waals surface area contributed by atoms with E-state index in [1.165, 1.54) is 25.1 Å². The van der Waals surface area contributed by atoms with Gasteiger partial charge in [0.15, 0.2) is 0 Å². The molecule has 0 aliphatic carbocycles. The summed E-state index contributed by atoms with van der Waals surface area (Å²) < 4.78 is 13.1. The van der Waals surface area contributed by atoms with Gasteiger partial charge < -0.3 is 15.1 Å². The molecule has 2 rings (SSSR count). The van der Waals surface area contributed by atoms with Crippen LogP contribution in [0.25, 0.3) is 0 Å². The Morgan fingerprint density at radius 3 is 2.52 bits per heavy atom. The molecule has 23 heavy (non-hydrogen) atoms. The number of amides is 3. The van der Waals surface area contributed by atoms with Crippen molar-refractivity contribution in [2.45, 2.75) is 13.3 Å². The molecule has 1 aliphatic heterocycles. The molecule has 1 aliphatic rings. The normalized spacial score (nSPS) is 15.0. The van der Waals surface area contributed by atoms with Gasteiger partial charge in [-0.15, -0.1) is 0 Å². The lowest BCUT2D eigenvalue weighted by Crippen LogP contribution is -2.42. The van der Waals surface area contributed by atoms with E-state index in [1.807, 2.05) is 0 Å². The molecule has 0 saturated carbocycles. The quantitative estimate of drug-likeness (QED) is 0.888. The molecule has 0 radical (unpaired) electrons. The molecular formula is C16H20FN3O3. The largest absolute Gasteiger partial charge is 0.343 e. The highest BCUT2D eigenvalue weighted by Gasteiger charge is 2.20. The van der Waals surface area contributed by atoms with Gasteiger partial charge in [-0.3, -0.25) is 14.4 Å². The number of carbonyl (C=O) groups is 3. The molecule has 0 aromatic heterocycles. The Bertz CT molecular complexity index is 606. The fraction of sp³-hybridized carbons (Fsp3) is 0.438. The number of halogens is 1. The SMILES string of the molecule is CC(=O)N1CCCN(C(=O)CNC(=O)c2cccc(F)c2)CC1. The van der Waals surface area contributed by atoms with Crippen molar-refractivity contribution in [2.24, 2.45) is 0 Å². The van der Waals surface area contributed by atoms with Crippen molar-refractivity contribution in [3.8, 4) is 0 Å². The Hall–Kier alpha value is -2.44. The molecule has 7 heteroatoms. The highest BCUT2D eigenvalue weighted by atomic mass is 19.1. The Kier molecular flexibility index (Phi) is 5.67. The van der Waals surface area contributed by atoms with Crippen molar-refractivity contribution in [3.05, 3.63) is 35.6 Å². The second-order valence-electron chi connectivity index (χ2n) is 5.43. The Balaban J connectivity index is 1.85. The van der Waals surface area contributed by atoms with Crippen molar-refractivity contribution in [1.29, 1.82) is 0 Å². The van der Waals surface area contributed by atoms with E-state index in [-0.39, 0.29) is 23.9 Å². The summed E-state index contributed by atoms with van der Waals surface area (Å²) >= 11 is 0. The minimum atomic E-state index is -0.499. The van der Waals surface area contributed by atoms with Crippen molar-refractivity contribution in [2.75, 3.05) is 32.7 Å². The van der Waals surface area contributed by atoms with Gasteiger partial charge in [0.25, 0.3) is 5.91 Å². The van der Waals surface area contributed by atoms with Crippen LogP contribution in [0, 0.1) is 5.82 Å². The van der Waals surface area contributed by atoms with Crippen LogP contribution in [0.1, 0.15) is 23.7 Å². The highest BCUT2D eigenvalue weighted by molar-refractivity contribution is 5.96. The molecule has 124 valence electrons. The number of nitrogens with one attached hydrogen (secondary N) is 1. The summed E-state index contributed by atoms with van der Waals surface area (Å²) in [6.45, 7) is 3.51. The van der Waals surface area contributed by atoms with Crippen LogP contribution in [0.3, 0.4) is 0 Å². The first kappa shape index (κ1) is 16.9. The molecule has 1 N–H and O–H groups in total. The molecule has 3 amide bonds. The zero-order chi connectivity index (χ0) is 16.8. The third kappa shape index (κ3) is 4.77. The lowest BCUT2D eigenvalue weighted by atomic mass is 10.2. The Morgan fingerprint density at radius 2 is 1.83 bits per heavy atom. The molecular weight excluding hydrogens is 301 g/mol. The molecule has 0 bridgehead atoms. The Labute approximate surface area is 134 Å². The van der Waals surface area contributed by atoms with Crippen LogP contribution in [-0.2, 0) is 9.59 Å². The maximum absolute atomic E-state index is 13.1. The molecule has 1 aromatic carbocycles. The monoisotopic (exact) mass is 321 g/mol. The second-order valence-corrected chi connectivity index (χ2v) is 5.43. The first-order valence-electron chi connectivity index (χ1n) is 7.54. The predicted octanol–water partition coefficient (Wildman–Crippen LogP) is 0.636. The summed E-state index contributed by atoms with van der Waals surface area (Å²) in [4.78, 5) is 38.8. The molecule has 6 nitrogen and oxygen atoms in total. The number of rotatable bonds is 3. The smallest absolute Gasteiger partial charge is 0.251 e. The fourth-order valence-electron chi connectivity index (χ4n) is 2.48. The van der Waals surface area contributed by atoms with Crippen LogP contribution >= 0.6 is 0 Å². The molecule has 0 unspecified atom stereocenters. The van der Waals surface area contributed by atoms with Gasteiger partial charge >= 0.3 is 0 Å². The lowest BCUT2D eigenvalue weighted by molar-refractivity contribution is -0.131. The van der Waals surface area contributed by atoms with Gasteiger partial charge in [-0.1, -0.05) is 6.07 Å². The summed E-state index contributed by atoms with van der Waals surface area (Å²) in [6, 6.07) is 5.30. The van der Waals surface area contributed by atoms with Crippen LogP contribution in [0.15, 0.2) is 24.3 Å². The lowest BCUT2D eigenvalue weighted by Gasteiger charge is -2.21. The zero-order valence-electron chi connectivity index (χ0n) is 13.0. The van der Waals surface area contributed by atoms with Crippen LogP contribution in [0.4, 0.5) is 4.39 Å². The van der Waals surface area contributed by atoms with Gasteiger partial charge in [-0.25, -0.2) is 4.39 Å². The van der Waals surface area contributed by atoms with E-state index in [0.29, 0.717) is 32.6 Å². The van der Waals surface area contributed by atoms with E-state index < -0.39 is 11.7 Å². The molecule has 1 aromatic rings. The zero-order valence-corrected chi connectivity index (χ0v) is 13.0. The van der Waals surface area contributed by atoms with E-state index in [0.717, 1.165) is 6.07 Å². The van der Waals surface area contributed by atoms with Crippen molar-refractivity contribution in [1.82, 2.24) is 15.1 Å². The van der Waals surface area contributed by atoms with E-state index in [9.17, 15) is 18.8 Å². The maximum Gasteiger partial charge on any atom is 0.251 e. The second kappa shape index (κ2) is 7.71. The predicted molar refractivity (Wildman–Crippen MR) is 82.2 cm³/mol. The van der Waals surface area contributed by atoms with Crippen LogP contribution in [-0.4, -0.2) is 60.2 Å². The standard InChI is InChI=1S/C16H20FN3O3/c1-12(21)19-6-3-7-20(9-8-19)15(22)11-18-16(23)13-4-2-5-14(17)10-13/h2,4-5,10H,3,6-9,11H2,1H3,(H,18,23). The van der Waals surface area contributed by atoms with Gasteiger partial charge in [0.2, 0.25) is 11.8 Å². The van der Waals surface area contributed by atoms with Gasteiger partial charge in [0.1, 0.15) is 5.82 Å². The van der Waals surface area contributed by atoms with Crippen molar-refractivity contribution < 1.29 is 18.8 Å². The first-order chi connectivity index (χ1) is 11.0. The van der Waals surface area contributed by atoms with Crippen molar-refractivity contribution in [3.63, 3.8) is 0 Å². The average molecular weight is 321 g/mol. The third-order valence-electron chi connectivity index (χ3n) is 3.78. The number of carbonyl (C=O) groups excluding carboxylic acids is 3. The maximum atomic E-state index is 13.1. The van der Waals surface area contributed by atoms with Crippen LogP contribution < -0.4 is 5.32 Å². The number of hydrogen-bond acceptors (Lipinski definition) is 3. The van der Waals surface area contributed by atoms with Crippen molar-refractivity contribution >= 4 is 17.7 Å². The van der Waals surface area contributed by atoms with Crippen LogP contribution in [0.5, 0.6) is 0 Å². The van der Waals surface area contributed by atoms with E-state index >= 15 is 0 Å². The minimum absolute atomic E-state index is 0.00120. The number of nitrogens with zero attached hydrogens (tertiary/aromatic N) is 2. The fourth-order valence-corrected chi connectivity index (χ4v) is 2.48. The number of hydrogen-bond donors (Lipinski definition) is 1. The van der Waals surface area contributed by atoms with E-state index in [4.69, 9.17) is 0 Å². The summed E-state index contributed by atoms with van der Waals surface area (Å²) in [7, 11) is 0. The van der Waals surface area contributed by atoms with Gasteiger partial charge in [0.05, 0.1) is 6.54 Å². The molecule has 0 spiro atoms. The molecule has 1 heterocycles. The first-order valence-corrected chi connectivity index (χ1v) is 7.54. The summed E-state index contributed by atoms with van der Waals surface area (Å²) in [6.07, 6.45) is 0.711.